The van der Waals surface area contributed by atoms with Crippen molar-refractivity contribution in [2.45, 2.75) is 69.2 Å². The lowest BCUT2D eigenvalue weighted by atomic mass is 9.89. The molecule has 45 heavy (non-hydrogen) atoms. The van der Waals surface area contributed by atoms with Gasteiger partial charge in [0.1, 0.15) is 11.5 Å². The number of rotatable bonds is 2. The van der Waals surface area contributed by atoms with Crippen molar-refractivity contribution in [2.75, 3.05) is 0 Å². The van der Waals surface area contributed by atoms with Crippen LogP contribution in [0, 0.1) is 0 Å². The highest BCUT2D eigenvalue weighted by molar-refractivity contribution is 5.77. The third-order valence-electron chi connectivity index (χ3n) is 9.61. The van der Waals surface area contributed by atoms with Crippen molar-refractivity contribution < 1.29 is 35.8 Å². The maximum atomic E-state index is 14.2. The average molecular weight is 623 g/mol. The van der Waals surface area contributed by atoms with E-state index in [2.05, 4.69) is 9.80 Å². The fourth-order valence-electron chi connectivity index (χ4n) is 7.74. The summed E-state index contributed by atoms with van der Waals surface area (Å²) in [5.41, 5.74) is 0.454. The first-order chi connectivity index (χ1) is 21.6. The maximum Gasteiger partial charge on any atom is 0.417 e. The fraction of sp³-hybridized carbons (Fsp3) is 0.314. The molecule has 3 atom stereocenters. The van der Waals surface area contributed by atoms with E-state index in [1.54, 1.807) is 36.4 Å². The second-order valence-corrected chi connectivity index (χ2v) is 12.1. The Bertz CT molecular complexity index is 1670. The molecule has 232 valence electrons. The van der Waals surface area contributed by atoms with E-state index in [1.807, 2.05) is 12.1 Å². The number of halogens is 6. The van der Waals surface area contributed by atoms with E-state index in [1.165, 1.54) is 24.3 Å². The lowest BCUT2D eigenvalue weighted by Gasteiger charge is -2.49. The number of para-hydroxylation sites is 2. The van der Waals surface area contributed by atoms with Gasteiger partial charge in [-0.2, -0.15) is 26.3 Å². The van der Waals surface area contributed by atoms with Crippen LogP contribution in [-0.4, -0.2) is 27.9 Å². The van der Waals surface area contributed by atoms with Crippen LogP contribution in [0.5, 0.6) is 11.5 Å². The van der Waals surface area contributed by atoms with Crippen LogP contribution in [0.1, 0.15) is 47.9 Å². The van der Waals surface area contributed by atoms with Gasteiger partial charge in [0, 0.05) is 47.4 Å². The van der Waals surface area contributed by atoms with E-state index in [4.69, 9.17) is 9.47 Å². The Morgan fingerprint density at radius 1 is 0.533 bits per heavy atom. The average Bonchev–Trinajstić information content (AvgIpc) is 3.30. The van der Waals surface area contributed by atoms with Gasteiger partial charge < -0.3 is 9.47 Å². The van der Waals surface area contributed by atoms with Crippen molar-refractivity contribution in [1.29, 1.82) is 0 Å². The minimum absolute atomic E-state index is 0.00957. The number of hydrogen-bond donors (Lipinski definition) is 0. The lowest BCUT2D eigenvalue weighted by Crippen LogP contribution is -2.66. The summed E-state index contributed by atoms with van der Waals surface area (Å²) in [6.07, 6.45) is -5.42. The smallest absolute Gasteiger partial charge is 0.417 e. The van der Waals surface area contributed by atoms with Crippen molar-refractivity contribution in [3.8, 4) is 33.8 Å². The van der Waals surface area contributed by atoms with Crippen molar-refractivity contribution in [3.05, 3.63) is 107 Å². The quantitative estimate of drug-likeness (QED) is 0.208. The Morgan fingerprint density at radius 3 is 1.36 bits per heavy atom. The molecule has 0 N–H and O–H groups in total. The van der Waals surface area contributed by atoms with Crippen LogP contribution in [0.2, 0.25) is 0 Å². The Hall–Kier alpha value is -4.02. The molecule has 0 bridgehead atoms. The molecule has 1 saturated heterocycles. The molecule has 4 aliphatic rings. The van der Waals surface area contributed by atoms with E-state index >= 15 is 0 Å². The van der Waals surface area contributed by atoms with Crippen molar-refractivity contribution >= 4 is 0 Å². The highest BCUT2D eigenvalue weighted by Crippen LogP contribution is 2.55. The van der Waals surface area contributed by atoms with Gasteiger partial charge in [-0.1, -0.05) is 85.6 Å². The summed E-state index contributed by atoms with van der Waals surface area (Å²) < 4.78 is 98.8. The highest BCUT2D eigenvalue weighted by atomic mass is 19.4. The number of fused-ring (bicyclic) bond motifs is 5. The summed E-state index contributed by atoms with van der Waals surface area (Å²) in [5, 5.41) is 0. The molecular weight excluding hydrogens is 594 g/mol. The van der Waals surface area contributed by atoms with Gasteiger partial charge >= 0.3 is 18.4 Å². The molecule has 10 heteroatoms. The zero-order chi connectivity index (χ0) is 31.1. The van der Waals surface area contributed by atoms with Gasteiger partial charge in [-0.3, -0.25) is 0 Å². The summed E-state index contributed by atoms with van der Waals surface area (Å²) >= 11 is 0. The predicted molar refractivity (Wildman–Crippen MR) is 155 cm³/mol. The molecule has 3 heterocycles. The van der Waals surface area contributed by atoms with Gasteiger partial charge in [-0.15, -0.1) is 0 Å². The molecule has 4 aromatic carbocycles. The van der Waals surface area contributed by atoms with Crippen molar-refractivity contribution in [2.24, 2.45) is 0 Å². The van der Waals surface area contributed by atoms with Crippen LogP contribution < -0.4 is 9.47 Å². The Balaban J connectivity index is 1.31. The Kier molecular flexibility index (Phi) is 6.32. The summed E-state index contributed by atoms with van der Waals surface area (Å²) in [7, 11) is 0. The number of hydrogen-bond acceptors (Lipinski definition) is 4. The van der Waals surface area contributed by atoms with E-state index in [9.17, 15) is 26.3 Å². The van der Waals surface area contributed by atoms with Gasteiger partial charge in [0.15, 0.2) is 0 Å². The molecule has 2 fully saturated rings. The topological polar surface area (TPSA) is 24.9 Å². The Morgan fingerprint density at radius 2 is 0.933 bits per heavy atom. The fourth-order valence-corrected chi connectivity index (χ4v) is 7.74. The third kappa shape index (κ3) is 4.36. The number of alkyl halides is 6. The summed E-state index contributed by atoms with van der Waals surface area (Å²) in [6.45, 7) is 0.706. The van der Waals surface area contributed by atoms with Gasteiger partial charge in [0.05, 0.1) is 11.1 Å². The summed E-state index contributed by atoms with van der Waals surface area (Å²) in [5.74, 6) is 0.566. The second-order valence-electron chi connectivity index (χ2n) is 12.1. The van der Waals surface area contributed by atoms with Gasteiger partial charge in [-0.05, 0) is 36.1 Å². The van der Waals surface area contributed by atoms with Gasteiger partial charge in [-0.25, -0.2) is 9.80 Å². The largest absolute Gasteiger partial charge is 0.426 e. The van der Waals surface area contributed by atoms with Crippen LogP contribution in [0.3, 0.4) is 0 Å². The van der Waals surface area contributed by atoms with Crippen molar-refractivity contribution in [3.63, 3.8) is 0 Å². The highest BCUT2D eigenvalue weighted by Gasteiger charge is 2.65. The SMILES string of the molecule is FC(F)(F)c1ccccc1-c1cccc2c1OC13Oc4c(cccc4-c4ccccc4C(F)(F)F)CN1[C@H]1CCCCC1N3C2. The number of nitrogens with zero attached hydrogens (tertiary/aromatic N) is 2. The van der Waals surface area contributed by atoms with E-state index in [0.29, 0.717) is 13.1 Å². The second kappa shape index (κ2) is 9.99. The molecule has 1 aliphatic carbocycles. The lowest BCUT2D eigenvalue weighted by molar-refractivity contribution is -0.307. The predicted octanol–water partition coefficient (Wildman–Crippen LogP) is 9.08. The molecule has 0 radical (unpaired) electrons. The van der Waals surface area contributed by atoms with Crippen LogP contribution >= 0.6 is 0 Å². The van der Waals surface area contributed by atoms with Gasteiger partial charge in [0.25, 0.3) is 0 Å². The van der Waals surface area contributed by atoms with Gasteiger partial charge in [0.2, 0.25) is 0 Å². The minimum atomic E-state index is -4.59. The van der Waals surface area contributed by atoms with E-state index in [-0.39, 0.29) is 45.8 Å². The van der Waals surface area contributed by atoms with Crippen molar-refractivity contribution in [1.82, 2.24) is 9.80 Å². The number of ether oxygens (including phenoxy) is 2. The number of benzene rings is 4. The molecule has 3 aliphatic heterocycles. The van der Waals surface area contributed by atoms with Crippen LogP contribution in [-0.2, 0) is 25.4 Å². The molecule has 2 unspecified atom stereocenters. The molecule has 1 spiro atoms. The van der Waals surface area contributed by atoms with E-state index < -0.39 is 29.5 Å². The third-order valence-corrected chi connectivity index (χ3v) is 9.61. The molecule has 8 rings (SSSR count). The standard InChI is InChI=1S/C35H28F6N2O2/c36-33(37,38)27-15-3-1-11-23(27)25-13-7-9-21-19-42-29-17-5-6-18-30(29)43-20-22-10-8-14-26(32(22)45-35(42,43)44-31(21)25)24-12-2-4-16-28(24)34(39,40)41/h1-4,7-16,29-30H,5-6,17-20H2/t29-,30?,35?/m0/s1. The van der Waals surface area contributed by atoms with E-state index in [0.717, 1.165) is 48.9 Å². The molecule has 4 aromatic rings. The zero-order valence-corrected chi connectivity index (χ0v) is 24.0. The zero-order valence-electron chi connectivity index (χ0n) is 24.0. The Labute approximate surface area is 255 Å². The summed E-state index contributed by atoms with van der Waals surface area (Å²) in [4.78, 5) is 4.24. The molecule has 4 nitrogen and oxygen atoms in total. The minimum Gasteiger partial charge on any atom is -0.426 e. The normalized spacial score (nSPS) is 24.4. The first-order valence-corrected chi connectivity index (χ1v) is 15.0. The maximum absolute atomic E-state index is 14.2. The molecule has 1 saturated carbocycles. The first-order valence-electron chi connectivity index (χ1n) is 15.0. The van der Waals surface area contributed by atoms with Crippen LogP contribution in [0.4, 0.5) is 26.3 Å². The monoisotopic (exact) mass is 622 g/mol. The summed E-state index contributed by atoms with van der Waals surface area (Å²) in [6, 6.07) is 19.7. The molecule has 0 aromatic heterocycles. The van der Waals surface area contributed by atoms with Crippen LogP contribution in [0.25, 0.3) is 22.3 Å². The first kappa shape index (κ1) is 28.5. The molecular formula is C35H28F6N2O2. The molecule has 0 amide bonds. The van der Waals surface area contributed by atoms with Crippen LogP contribution in [0.15, 0.2) is 84.9 Å².